The summed E-state index contributed by atoms with van der Waals surface area (Å²) in [6.45, 7) is 8.88. The number of benzene rings is 1. The average Bonchev–Trinajstić information content (AvgIpc) is 2.54. The number of nitrogens with one attached hydrogen (secondary N) is 1. The molecule has 0 saturated carbocycles. The molecule has 0 radical (unpaired) electrons. The van der Waals surface area contributed by atoms with Crippen molar-refractivity contribution < 1.29 is 0 Å². The van der Waals surface area contributed by atoms with Crippen molar-refractivity contribution >= 4 is 0 Å². The van der Waals surface area contributed by atoms with Gasteiger partial charge in [0.25, 0.3) is 0 Å². The Hall–Kier alpha value is -0.860. The molecule has 1 heterocycles. The van der Waals surface area contributed by atoms with Crippen LogP contribution in [-0.2, 0) is 11.0 Å². The van der Waals surface area contributed by atoms with E-state index >= 15 is 0 Å². The molecular formula is C16H26N2. The Balaban J connectivity index is 2.32. The van der Waals surface area contributed by atoms with Gasteiger partial charge in [0.2, 0.25) is 0 Å². The van der Waals surface area contributed by atoms with Gasteiger partial charge < -0.3 is 11.1 Å². The summed E-state index contributed by atoms with van der Waals surface area (Å²) < 4.78 is 0. The normalized spacial score (nSPS) is 25.8. The SMILES string of the molecule is CC(C)(C)c1cccc([C@@]2(N)CCCNCC2)c1. The Morgan fingerprint density at radius 3 is 2.67 bits per heavy atom. The standard InChI is InChI=1S/C16H26N2/c1-15(2,3)13-6-4-7-14(12-13)16(17)8-5-10-18-11-9-16/h4,6-7,12,18H,5,8-11,17H2,1-3H3/t16-/m1/s1. The van der Waals surface area contributed by atoms with E-state index in [1.54, 1.807) is 0 Å². The molecule has 0 spiro atoms. The quantitative estimate of drug-likeness (QED) is 0.799. The van der Waals surface area contributed by atoms with Gasteiger partial charge in [-0.15, -0.1) is 0 Å². The van der Waals surface area contributed by atoms with Crippen LogP contribution in [0.2, 0.25) is 0 Å². The Bertz CT molecular complexity index is 396. The molecule has 0 amide bonds. The third-order valence-electron chi connectivity index (χ3n) is 4.03. The maximum Gasteiger partial charge on any atom is 0.0422 e. The first-order chi connectivity index (χ1) is 8.42. The van der Waals surface area contributed by atoms with Crippen LogP contribution in [0, 0.1) is 0 Å². The molecule has 1 saturated heterocycles. The van der Waals surface area contributed by atoms with Crippen LogP contribution in [0.1, 0.15) is 51.2 Å². The number of hydrogen-bond acceptors (Lipinski definition) is 2. The van der Waals surface area contributed by atoms with Crippen molar-refractivity contribution in [1.82, 2.24) is 5.32 Å². The molecule has 2 heteroatoms. The van der Waals surface area contributed by atoms with Crippen molar-refractivity contribution in [3.05, 3.63) is 35.4 Å². The molecule has 100 valence electrons. The molecule has 2 nitrogen and oxygen atoms in total. The molecule has 1 aromatic rings. The highest BCUT2D eigenvalue weighted by molar-refractivity contribution is 5.33. The van der Waals surface area contributed by atoms with Crippen LogP contribution in [0.15, 0.2) is 24.3 Å². The van der Waals surface area contributed by atoms with E-state index in [9.17, 15) is 0 Å². The smallest absolute Gasteiger partial charge is 0.0422 e. The highest BCUT2D eigenvalue weighted by Crippen LogP contribution is 2.31. The van der Waals surface area contributed by atoms with E-state index in [1.807, 2.05) is 0 Å². The van der Waals surface area contributed by atoms with Gasteiger partial charge in [-0.3, -0.25) is 0 Å². The summed E-state index contributed by atoms with van der Waals surface area (Å²) in [5.41, 5.74) is 9.38. The highest BCUT2D eigenvalue weighted by atomic mass is 14.9. The van der Waals surface area contributed by atoms with Crippen molar-refractivity contribution in [3.63, 3.8) is 0 Å². The third kappa shape index (κ3) is 2.93. The lowest BCUT2D eigenvalue weighted by Crippen LogP contribution is -2.37. The minimum Gasteiger partial charge on any atom is -0.321 e. The second-order valence-corrected chi connectivity index (χ2v) is 6.59. The number of rotatable bonds is 1. The summed E-state index contributed by atoms with van der Waals surface area (Å²) in [7, 11) is 0. The zero-order chi connectivity index (χ0) is 13.2. The molecule has 1 aliphatic rings. The van der Waals surface area contributed by atoms with Crippen molar-refractivity contribution in [1.29, 1.82) is 0 Å². The van der Waals surface area contributed by atoms with Gasteiger partial charge in [0, 0.05) is 5.54 Å². The summed E-state index contributed by atoms with van der Waals surface area (Å²) in [6, 6.07) is 8.87. The van der Waals surface area contributed by atoms with Gasteiger partial charge in [-0.25, -0.2) is 0 Å². The second-order valence-electron chi connectivity index (χ2n) is 6.59. The predicted molar refractivity (Wildman–Crippen MR) is 77.7 cm³/mol. The van der Waals surface area contributed by atoms with E-state index < -0.39 is 0 Å². The van der Waals surface area contributed by atoms with Crippen molar-refractivity contribution in [2.75, 3.05) is 13.1 Å². The summed E-state index contributed by atoms with van der Waals surface area (Å²) in [6.07, 6.45) is 3.27. The number of hydrogen-bond donors (Lipinski definition) is 2. The van der Waals surface area contributed by atoms with Crippen LogP contribution < -0.4 is 11.1 Å². The second kappa shape index (κ2) is 5.02. The van der Waals surface area contributed by atoms with Gasteiger partial charge in [0.1, 0.15) is 0 Å². The first kappa shape index (κ1) is 13.6. The van der Waals surface area contributed by atoms with E-state index in [0.29, 0.717) is 0 Å². The molecule has 18 heavy (non-hydrogen) atoms. The van der Waals surface area contributed by atoms with Crippen molar-refractivity contribution in [2.24, 2.45) is 5.73 Å². The zero-order valence-corrected chi connectivity index (χ0v) is 11.9. The van der Waals surface area contributed by atoms with Gasteiger partial charge in [-0.1, -0.05) is 45.0 Å². The molecular weight excluding hydrogens is 220 g/mol. The summed E-state index contributed by atoms with van der Waals surface area (Å²) in [4.78, 5) is 0. The lowest BCUT2D eigenvalue weighted by Gasteiger charge is -2.30. The first-order valence-corrected chi connectivity index (χ1v) is 7.02. The van der Waals surface area contributed by atoms with Gasteiger partial charge in [0.05, 0.1) is 0 Å². The van der Waals surface area contributed by atoms with E-state index in [4.69, 9.17) is 5.73 Å². The van der Waals surface area contributed by atoms with Gasteiger partial charge in [0.15, 0.2) is 0 Å². The fourth-order valence-corrected chi connectivity index (χ4v) is 2.67. The summed E-state index contributed by atoms with van der Waals surface area (Å²) in [5, 5.41) is 3.44. The van der Waals surface area contributed by atoms with Crippen molar-refractivity contribution in [3.8, 4) is 0 Å². The van der Waals surface area contributed by atoms with E-state index in [1.165, 1.54) is 11.1 Å². The zero-order valence-electron chi connectivity index (χ0n) is 11.9. The fourth-order valence-electron chi connectivity index (χ4n) is 2.67. The maximum atomic E-state index is 6.65. The molecule has 0 aromatic heterocycles. The largest absolute Gasteiger partial charge is 0.321 e. The predicted octanol–water partition coefficient (Wildman–Crippen LogP) is 2.91. The summed E-state index contributed by atoms with van der Waals surface area (Å²) in [5.74, 6) is 0. The van der Waals surface area contributed by atoms with Crippen LogP contribution in [0.5, 0.6) is 0 Å². The van der Waals surface area contributed by atoms with Crippen LogP contribution in [0.25, 0.3) is 0 Å². The van der Waals surface area contributed by atoms with E-state index in [2.05, 4.69) is 50.4 Å². The van der Waals surface area contributed by atoms with Gasteiger partial charge in [-0.2, -0.15) is 0 Å². The Morgan fingerprint density at radius 2 is 1.94 bits per heavy atom. The van der Waals surface area contributed by atoms with Gasteiger partial charge >= 0.3 is 0 Å². The Morgan fingerprint density at radius 1 is 1.17 bits per heavy atom. The van der Waals surface area contributed by atoms with Crippen LogP contribution >= 0.6 is 0 Å². The summed E-state index contributed by atoms with van der Waals surface area (Å²) >= 11 is 0. The molecule has 1 aromatic carbocycles. The van der Waals surface area contributed by atoms with E-state index in [0.717, 1.165) is 32.4 Å². The topological polar surface area (TPSA) is 38.0 Å². The molecule has 0 aliphatic carbocycles. The molecule has 3 N–H and O–H groups in total. The first-order valence-electron chi connectivity index (χ1n) is 7.02. The number of nitrogens with two attached hydrogens (primary N) is 1. The minimum atomic E-state index is -0.148. The molecule has 0 bridgehead atoms. The van der Waals surface area contributed by atoms with E-state index in [-0.39, 0.29) is 11.0 Å². The Labute approximate surface area is 111 Å². The van der Waals surface area contributed by atoms with Gasteiger partial charge in [-0.05, 0) is 48.9 Å². The monoisotopic (exact) mass is 246 g/mol. The maximum absolute atomic E-state index is 6.65. The molecule has 1 atom stereocenters. The van der Waals surface area contributed by atoms with Crippen molar-refractivity contribution in [2.45, 2.75) is 51.0 Å². The average molecular weight is 246 g/mol. The lowest BCUT2D eigenvalue weighted by atomic mass is 9.80. The van der Waals surface area contributed by atoms with Crippen LogP contribution in [0.4, 0.5) is 0 Å². The van der Waals surface area contributed by atoms with Crippen LogP contribution in [0.3, 0.4) is 0 Å². The third-order valence-corrected chi connectivity index (χ3v) is 4.03. The fraction of sp³-hybridized carbons (Fsp3) is 0.625. The highest BCUT2D eigenvalue weighted by Gasteiger charge is 2.29. The van der Waals surface area contributed by atoms with Crippen LogP contribution in [-0.4, -0.2) is 13.1 Å². The molecule has 0 unspecified atom stereocenters. The molecule has 1 aliphatic heterocycles. The lowest BCUT2D eigenvalue weighted by molar-refractivity contribution is 0.394. The molecule has 1 fully saturated rings. The Kier molecular flexibility index (Phi) is 3.79. The molecule has 2 rings (SSSR count). The minimum absolute atomic E-state index is 0.148.